The van der Waals surface area contributed by atoms with Crippen molar-refractivity contribution in [3.63, 3.8) is 0 Å². The normalized spacial score (nSPS) is 20.8. The number of hydrogen-bond donors (Lipinski definition) is 1. The molecule has 2 amide bonds. The van der Waals surface area contributed by atoms with E-state index in [0.717, 1.165) is 22.5 Å². The number of hydrogen-bond acceptors (Lipinski definition) is 14. The number of rotatable bonds is 15. The molecule has 60 heavy (non-hydrogen) atoms. The number of amides is 2. The average molecular weight is 859 g/mol. The Kier molecular flexibility index (Phi) is 13.2. The second-order valence-corrected chi connectivity index (χ2v) is 17.7. The highest BCUT2D eigenvalue weighted by molar-refractivity contribution is 8.76. The molecule has 3 aromatic rings. The van der Waals surface area contributed by atoms with Gasteiger partial charge in [-0.1, -0.05) is 35.1 Å². The number of ether oxygens (including phenoxy) is 4. The van der Waals surface area contributed by atoms with E-state index in [9.17, 15) is 34.4 Å². The molecule has 1 aromatic heterocycles. The minimum atomic E-state index is -1.34. The summed E-state index contributed by atoms with van der Waals surface area (Å²) in [6.45, 7) is 10.9. The van der Waals surface area contributed by atoms with E-state index in [0.29, 0.717) is 102 Å². The van der Waals surface area contributed by atoms with Crippen molar-refractivity contribution in [3.8, 4) is 17.2 Å². The maximum atomic E-state index is 13.9. The molecule has 1 aliphatic carbocycles. The summed E-state index contributed by atoms with van der Waals surface area (Å²) in [5.41, 5.74) is 3.87. The van der Waals surface area contributed by atoms with Gasteiger partial charge in [0.05, 0.1) is 37.0 Å². The molecule has 1 N–H and O–H groups in total. The Morgan fingerprint density at radius 3 is 2.45 bits per heavy atom. The lowest BCUT2D eigenvalue weighted by molar-refractivity contribution is -0.385. The molecule has 2 aromatic carbocycles. The molecule has 316 valence electrons. The van der Waals surface area contributed by atoms with Gasteiger partial charge in [0.15, 0.2) is 23.1 Å². The monoisotopic (exact) mass is 858 g/mol. The van der Waals surface area contributed by atoms with Gasteiger partial charge in [0.2, 0.25) is 0 Å². The van der Waals surface area contributed by atoms with Crippen molar-refractivity contribution in [1.82, 2.24) is 9.88 Å². The van der Waals surface area contributed by atoms with Gasteiger partial charge in [0.25, 0.3) is 11.6 Å². The van der Waals surface area contributed by atoms with Crippen LogP contribution in [-0.4, -0.2) is 95.0 Å². The Morgan fingerprint density at radius 1 is 0.967 bits per heavy atom. The van der Waals surface area contributed by atoms with Crippen LogP contribution in [0.15, 0.2) is 71.9 Å². The standard InChI is InChI=1S/C43H46N4O11S2/c1-24-14-30-31(15-24)42(51)46(43(52)58-12-13-59-60-39-9-8-28(22-44-39)47(53)54)33-21-36(26(3)17-32(33)40(30)49)56-10-6-5-7-11-57-38-19-27-18-35(48)34-16-25(2)23-45(34)41(50)29(27)20-37(38)55-4/h8-9,17,19-22,30-31,34,42,51H,1-2,5-7,10-16,18,23H2,3-4H3/t30?,31-,34+,42+/m1/s1. The summed E-state index contributed by atoms with van der Waals surface area (Å²) in [5, 5.41) is 23.1. The minimum Gasteiger partial charge on any atom is -0.493 e. The number of carbonyl (C=O) groups is 4. The molecule has 17 heteroatoms. The molecule has 4 heterocycles. The first-order valence-electron chi connectivity index (χ1n) is 19.7. The number of aromatic nitrogens is 1. The number of aryl methyl sites for hydroxylation is 1. The summed E-state index contributed by atoms with van der Waals surface area (Å²) in [7, 11) is 4.14. The SMILES string of the molecule is C=C1CC2C(=O)c3cc(C)c(OCCCCCOc4cc5c(cc4OC)C(=O)N4CC(=C)C[C@H]4C(=O)C5)cc3N(C(=O)OCCSSc3ccc([N+](=O)[O-])cn3)[C@@H](O)[C@@H]2C1. The lowest BCUT2D eigenvalue weighted by atomic mass is 9.88. The molecular formula is C43H46N4O11S2. The number of aliphatic hydroxyl groups is 1. The maximum Gasteiger partial charge on any atom is 0.416 e. The first-order chi connectivity index (χ1) is 28.8. The predicted octanol–water partition coefficient (Wildman–Crippen LogP) is 7.31. The molecule has 3 aliphatic heterocycles. The number of carbonyl (C=O) groups excluding carboxylic acids is 4. The number of nitro groups is 1. The summed E-state index contributed by atoms with van der Waals surface area (Å²) in [6.07, 6.45) is 2.54. The third-order valence-corrected chi connectivity index (χ3v) is 13.4. The molecule has 4 aliphatic rings. The number of methoxy groups -OCH3 is 1. The van der Waals surface area contributed by atoms with Gasteiger partial charge < -0.3 is 29.0 Å². The van der Waals surface area contributed by atoms with Crippen molar-refractivity contribution in [2.45, 2.75) is 69.2 Å². The fraction of sp³-hybridized carbons (Fsp3) is 0.419. The van der Waals surface area contributed by atoms with Gasteiger partial charge in [0, 0.05) is 53.8 Å². The maximum absolute atomic E-state index is 13.9. The van der Waals surface area contributed by atoms with E-state index in [4.69, 9.17) is 18.9 Å². The first-order valence-corrected chi connectivity index (χ1v) is 22.0. The van der Waals surface area contributed by atoms with Crippen LogP contribution in [0.1, 0.15) is 70.4 Å². The zero-order valence-corrected chi connectivity index (χ0v) is 35.0. The number of fused-ring (bicyclic) bond motifs is 4. The molecular weight excluding hydrogens is 813 g/mol. The van der Waals surface area contributed by atoms with E-state index in [1.165, 1.54) is 47.0 Å². The van der Waals surface area contributed by atoms with Crippen LogP contribution in [0.4, 0.5) is 16.2 Å². The summed E-state index contributed by atoms with van der Waals surface area (Å²) < 4.78 is 23.5. The highest BCUT2D eigenvalue weighted by Crippen LogP contribution is 2.47. The van der Waals surface area contributed by atoms with Gasteiger partial charge in [0.1, 0.15) is 29.8 Å². The van der Waals surface area contributed by atoms with Crippen molar-refractivity contribution in [1.29, 1.82) is 0 Å². The number of unbranched alkanes of at least 4 members (excludes halogenated alkanes) is 2. The molecule has 0 bridgehead atoms. The van der Waals surface area contributed by atoms with Crippen molar-refractivity contribution in [2.24, 2.45) is 11.8 Å². The summed E-state index contributed by atoms with van der Waals surface area (Å²) >= 11 is 0. The van der Waals surface area contributed by atoms with Crippen LogP contribution in [-0.2, 0) is 16.0 Å². The molecule has 7 rings (SSSR count). The van der Waals surface area contributed by atoms with Crippen LogP contribution in [0.2, 0.25) is 0 Å². The molecule has 1 unspecified atom stereocenters. The van der Waals surface area contributed by atoms with E-state index >= 15 is 0 Å². The number of nitrogens with zero attached hydrogens (tertiary/aromatic N) is 4. The second-order valence-electron chi connectivity index (χ2n) is 15.3. The average Bonchev–Trinajstić information content (AvgIpc) is 3.79. The lowest BCUT2D eigenvalue weighted by Crippen LogP contribution is -2.45. The number of aliphatic hydroxyl groups excluding tert-OH is 1. The highest BCUT2D eigenvalue weighted by Gasteiger charge is 2.48. The Hall–Kier alpha value is -5.39. The molecule has 0 radical (unpaired) electrons. The van der Waals surface area contributed by atoms with Crippen LogP contribution in [0, 0.1) is 28.9 Å². The van der Waals surface area contributed by atoms with Crippen LogP contribution in [0.25, 0.3) is 0 Å². The zero-order chi connectivity index (χ0) is 42.7. The fourth-order valence-corrected chi connectivity index (χ4v) is 9.87. The molecule has 4 atom stereocenters. The largest absolute Gasteiger partial charge is 0.493 e. The Bertz CT molecular complexity index is 2230. The van der Waals surface area contributed by atoms with Crippen LogP contribution in [0.5, 0.6) is 17.2 Å². The molecule has 1 saturated heterocycles. The topological polar surface area (TPSA) is 188 Å². The summed E-state index contributed by atoms with van der Waals surface area (Å²) in [4.78, 5) is 71.2. The van der Waals surface area contributed by atoms with Crippen LogP contribution in [0.3, 0.4) is 0 Å². The molecule has 1 saturated carbocycles. The minimum absolute atomic E-state index is 0.00965. The smallest absolute Gasteiger partial charge is 0.416 e. The van der Waals surface area contributed by atoms with Crippen molar-refractivity contribution >= 4 is 56.5 Å². The van der Waals surface area contributed by atoms with E-state index in [1.807, 2.05) is 6.92 Å². The zero-order valence-electron chi connectivity index (χ0n) is 33.4. The van der Waals surface area contributed by atoms with Crippen molar-refractivity contribution < 1.29 is 48.2 Å². The van der Waals surface area contributed by atoms with Crippen LogP contribution < -0.4 is 19.1 Å². The third-order valence-electron chi connectivity index (χ3n) is 11.2. The number of Topliss-reactive ketones (excluding diaryl/α,β-unsaturated/α-hetero) is 2. The van der Waals surface area contributed by atoms with Crippen LogP contribution >= 0.6 is 21.6 Å². The summed E-state index contributed by atoms with van der Waals surface area (Å²) in [5.74, 6) is 0.219. The van der Waals surface area contributed by atoms with Gasteiger partial charge in [-0.3, -0.25) is 29.4 Å². The molecule has 0 spiro atoms. The number of benzene rings is 2. The Labute approximate surface area is 355 Å². The van der Waals surface area contributed by atoms with Gasteiger partial charge in [-0.15, -0.1) is 0 Å². The van der Waals surface area contributed by atoms with Gasteiger partial charge in [-0.25, -0.2) is 9.78 Å². The van der Waals surface area contributed by atoms with E-state index in [-0.39, 0.29) is 41.9 Å². The lowest BCUT2D eigenvalue weighted by Gasteiger charge is -2.31. The summed E-state index contributed by atoms with van der Waals surface area (Å²) in [6, 6.07) is 9.13. The van der Waals surface area contributed by atoms with Gasteiger partial charge in [-0.2, -0.15) is 0 Å². The predicted molar refractivity (Wildman–Crippen MR) is 225 cm³/mol. The number of allylic oxidation sites excluding steroid dienone is 1. The van der Waals surface area contributed by atoms with Crippen molar-refractivity contribution in [3.05, 3.63) is 99.3 Å². The fourth-order valence-electron chi connectivity index (χ4n) is 8.18. The van der Waals surface area contributed by atoms with E-state index in [1.54, 1.807) is 29.2 Å². The van der Waals surface area contributed by atoms with Gasteiger partial charge in [-0.05, 0) is 91.6 Å². The quantitative estimate of drug-likeness (QED) is 0.0527. The second kappa shape index (κ2) is 18.5. The van der Waals surface area contributed by atoms with Crippen molar-refractivity contribution in [2.75, 3.05) is 44.1 Å². The number of pyridine rings is 1. The molecule has 2 fully saturated rings. The molecule has 15 nitrogen and oxygen atoms in total. The number of ketones is 2. The highest BCUT2D eigenvalue weighted by atomic mass is 33.1. The first kappa shape index (κ1) is 42.7. The van der Waals surface area contributed by atoms with Gasteiger partial charge >= 0.3 is 6.09 Å². The number of anilines is 1. The Balaban J connectivity index is 0.949. The van der Waals surface area contributed by atoms with E-state index in [2.05, 4.69) is 18.1 Å². The Morgan fingerprint density at radius 2 is 1.73 bits per heavy atom. The third kappa shape index (κ3) is 9.02. The van der Waals surface area contributed by atoms with E-state index < -0.39 is 35.1 Å².